The van der Waals surface area contributed by atoms with E-state index in [1.807, 2.05) is 98.9 Å². The molecule has 5 aromatic rings. The van der Waals surface area contributed by atoms with E-state index in [2.05, 4.69) is 10.6 Å². The van der Waals surface area contributed by atoms with Gasteiger partial charge in [-0.05, 0) is 84.8 Å². The molecule has 0 unspecified atom stereocenters. The summed E-state index contributed by atoms with van der Waals surface area (Å²) in [5.41, 5.74) is 6.64. The molecule has 5 nitrogen and oxygen atoms in total. The molecule has 4 aromatic carbocycles. The van der Waals surface area contributed by atoms with Crippen LogP contribution in [-0.4, -0.2) is 15.6 Å². The molecule has 42 heavy (non-hydrogen) atoms. The Morgan fingerprint density at radius 2 is 1.64 bits per heavy atom. The number of halogens is 2. The number of nitriles is 1. The summed E-state index contributed by atoms with van der Waals surface area (Å²) in [5, 5.41) is 12.3. The average molecular weight is 608 g/mol. The molecular formula is C34H24Cl2N4OS. The fourth-order valence-corrected chi connectivity index (χ4v) is 6.21. The third-order valence-electron chi connectivity index (χ3n) is 7.18. The van der Waals surface area contributed by atoms with E-state index < -0.39 is 0 Å². The van der Waals surface area contributed by atoms with Gasteiger partial charge in [-0.3, -0.25) is 9.69 Å². The minimum atomic E-state index is -0.191. The van der Waals surface area contributed by atoms with Gasteiger partial charge in [0.1, 0.15) is 0 Å². The zero-order valence-electron chi connectivity index (χ0n) is 22.8. The second-order valence-corrected chi connectivity index (χ2v) is 11.8. The Morgan fingerprint density at radius 1 is 0.929 bits per heavy atom. The predicted octanol–water partition coefficient (Wildman–Crippen LogP) is 9.29. The first-order valence-corrected chi connectivity index (χ1v) is 14.8. The van der Waals surface area contributed by atoms with E-state index in [9.17, 15) is 10.1 Å². The number of carbonyl (C=O) groups excluding carboxylic acids is 1. The van der Waals surface area contributed by atoms with Crippen LogP contribution in [0.3, 0.4) is 0 Å². The van der Waals surface area contributed by atoms with Gasteiger partial charge >= 0.3 is 0 Å². The number of fused-ring (bicyclic) bond motifs is 1. The molecule has 6 rings (SSSR count). The number of thioether (sulfide) groups is 1. The lowest BCUT2D eigenvalue weighted by atomic mass is 10.1. The second-order valence-electron chi connectivity index (χ2n) is 10.0. The van der Waals surface area contributed by atoms with Crippen LogP contribution in [0, 0.1) is 25.2 Å². The van der Waals surface area contributed by atoms with Crippen LogP contribution >= 0.6 is 35.0 Å². The number of anilines is 1. The molecule has 1 aliphatic heterocycles. The molecule has 1 fully saturated rings. The van der Waals surface area contributed by atoms with Crippen molar-refractivity contribution in [1.82, 2.24) is 4.57 Å². The number of amidine groups is 1. The average Bonchev–Trinajstić information content (AvgIpc) is 3.49. The molecule has 0 atom stereocenters. The molecular weight excluding hydrogens is 583 g/mol. The highest BCUT2D eigenvalue weighted by atomic mass is 35.5. The van der Waals surface area contributed by atoms with Gasteiger partial charge in [0.05, 0.1) is 27.9 Å². The molecule has 2 heterocycles. The van der Waals surface area contributed by atoms with Crippen molar-refractivity contribution >= 4 is 74.4 Å². The fourth-order valence-electron chi connectivity index (χ4n) is 4.87. The molecule has 0 N–H and O–H groups in total. The molecule has 206 valence electrons. The largest absolute Gasteiger partial charge is 0.342 e. The van der Waals surface area contributed by atoms with Gasteiger partial charge in [0.15, 0.2) is 5.17 Å². The molecule has 8 heteroatoms. The van der Waals surface area contributed by atoms with Crippen LogP contribution in [0.2, 0.25) is 10.0 Å². The van der Waals surface area contributed by atoms with E-state index >= 15 is 0 Å². The maximum Gasteiger partial charge on any atom is 0.271 e. The van der Waals surface area contributed by atoms with Gasteiger partial charge in [-0.15, -0.1) is 0 Å². The van der Waals surface area contributed by atoms with Crippen LogP contribution in [0.15, 0.2) is 101 Å². The van der Waals surface area contributed by atoms with Crippen molar-refractivity contribution in [2.45, 2.75) is 20.4 Å². The van der Waals surface area contributed by atoms with Gasteiger partial charge in [0.2, 0.25) is 0 Å². The number of rotatable bonds is 5. The summed E-state index contributed by atoms with van der Waals surface area (Å²) in [6.45, 7) is 4.39. The quantitative estimate of drug-likeness (QED) is 0.187. The zero-order chi connectivity index (χ0) is 29.4. The SMILES string of the molecule is Cc1ccc(N=C2S/C(=C\c3cn(Cc4ccccc4C#N)c4ccccc34)C(=O)N2c2ccc(C)c(Cl)c2)cc1Cl. The first kappa shape index (κ1) is 27.9. The van der Waals surface area contributed by atoms with E-state index in [1.54, 1.807) is 17.0 Å². The van der Waals surface area contributed by atoms with E-state index in [0.29, 0.717) is 43.6 Å². The fraction of sp³-hybridized carbons (Fsp3) is 0.0882. The molecule has 1 amide bonds. The van der Waals surface area contributed by atoms with Gasteiger partial charge in [-0.1, -0.05) is 71.7 Å². The highest BCUT2D eigenvalue weighted by Gasteiger charge is 2.35. The lowest BCUT2D eigenvalue weighted by Crippen LogP contribution is -2.28. The van der Waals surface area contributed by atoms with Gasteiger partial charge in [0, 0.05) is 39.3 Å². The van der Waals surface area contributed by atoms with E-state index in [4.69, 9.17) is 28.2 Å². The number of nitrogens with zero attached hydrogens (tertiary/aromatic N) is 4. The third kappa shape index (κ3) is 5.35. The Morgan fingerprint density at radius 3 is 2.40 bits per heavy atom. The summed E-state index contributed by atoms with van der Waals surface area (Å²) in [7, 11) is 0. The second kappa shape index (κ2) is 11.5. The molecule has 1 aromatic heterocycles. The number of hydrogen-bond acceptors (Lipinski definition) is 4. The predicted molar refractivity (Wildman–Crippen MR) is 175 cm³/mol. The van der Waals surface area contributed by atoms with Crippen molar-refractivity contribution in [2.24, 2.45) is 4.99 Å². The van der Waals surface area contributed by atoms with Gasteiger partial charge in [-0.2, -0.15) is 5.26 Å². The number of benzene rings is 4. The van der Waals surface area contributed by atoms with Crippen molar-refractivity contribution in [1.29, 1.82) is 5.26 Å². The number of para-hydroxylation sites is 1. The normalized spacial score (nSPS) is 15.2. The van der Waals surface area contributed by atoms with Crippen molar-refractivity contribution in [2.75, 3.05) is 4.90 Å². The highest BCUT2D eigenvalue weighted by molar-refractivity contribution is 8.19. The number of amides is 1. The number of aliphatic imine (C=N–C) groups is 1. The molecule has 0 spiro atoms. The number of hydrogen-bond donors (Lipinski definition) is 0. The molecule has 0 radical (unpaired) electrons. The summed E-state index contributed by atoms with van der Waals surface area (Å²) in [5.74, 6) is -0.191. The van der Waals surface area contributed by atoms with Crippen LogP contribution in [0.5, 0.6) is 0 Å². The Hall–Kier alpha value is -4.28. The number of carbonyl (C=O) groups is 1. The van der Waals surface area contributed by atoms with E-state index in [1.165, 1.54) is 11.8 Å². The number of aryl methyl sites for hydroxylation is 2. The van der Waals surface area contributed by atoms with Crippen molar-refractivity contribution < 1.29 is 4.79 Å². The Labute approximate surface area is 258 Å². The van der Waals surface area contributed by atoms with Gasteiger partial charge < -0.3 is 4.57 Å². The molecule has 0 bridgehead atoms. The summed E-state index contributed by atoms with van der Waals surface area (Å²) in [4.78, 5) is 21.0. The Kier molecular flexibility index (Phi) is 7.66. The molecule has 1 saturated heterocycles. The zero-order valence-corrected chi connectivity index (χ0v) is 25.1. The summed E-state index contributed by atoms with van der Waals surface area (Å²) in [6.07, 6.45) is 3.94. The summed E-state index contributed by atoms with van der Waals surface area (Å²) < 4.78 is 2.11. The first-order valence-electron chi connectivity index (χ1n) is 13.2. The Bertz CT molecular complexity index is 1990. The monoisotopic (exact) mass is 606 g/mol. The lowest BCUT2D eigenvalue weighted by molar-refractivity contribution is -0.113. The van der Waals surface area contributed by atoms with Crippen LogP contribution in [0.4, 0.5) is 11.4 Å². The van der Waals surface area contributed by atoms with Crippen LogP contribution < -0.4 is 4.90 Å². The van der Waals surface area contributed by atoms with E-state index in [-0.39, 0.29) is 5.91 Å². The minimum absolute atomic E-state index is 0.191. The van der Waals surface area contributed by atoms with Crippen molar-refractivity contribution in [3.63, 3.8) is 0 Å². The molecule has 0 saturated carbocycles. The van der Waals surface area contributed by atoms with Crippen LogP contribution in [0.1, 0.15) is 27.8 Å². The van der Waals surface area contributed by atoms with E-state index in [0.717, 1.165) is 33.2 Å². The van der Waals surface area contributed by atoms with Crippen molar-refractivity contribution in [3.8, 4) is 6.07 Å². The minimum Gasteiger partial charge on any atom is -0.342 e. The van der Waals surface area contributed by atoms with Crippen LogP contribution in [-0.2, 0) is 11.3 Å². The number of aromatic nitrogens is 1. The van der Waals surface area contributed by atoms with Crippen molar-refractivity contribution in [3.05, 3.63) is 134 Å². The smallest absolute Gasteiger partial charge is 0.271 e. The maximum absolute atomic E-state index is 14.0. The topological polar surface area (TPSA) is 61.4 Å². The van der Waals surface area contributed by atoms with Crippen LogP contribution in [0.25, 0.3) is 17.0 Å². The molecule has 1 aliphatic rings. The lowest BCUT2D eigenvalue weighted by Gasteiger charge is -2.16. The molecule has 0 aliphatic carbocycles. The summed E-state index contributed by atoms with van der Waals surface area (Å²) >= 11 is 14.2. The maximum atomic E-state index is 14.0. The summed E-state index contributed by atoms with van der Waals surface area (Å²) in [6, 6.07) is 29.1. The van der Waals surface area contributed by atoms with Gasteiger partial charge in [0.25, 0.3) is 5.91 Å². The first-order chi connectivity index (χ1) is 20.3. The third-order valence-corrected chi connectivity index (χ3v) is 8.97. The highest BCUT2D eigenvalue weighted by Crippen LogP contribution is 2.39. The Balaban J connectivity index is 1.44. The van der Waals surface area contributed by atoms with Gasteiger partial charge in [-0.25, -0.2) is 4.99 Å². The standard InChI is InChI=1S/C34H24Cl2N4OS/c1-21-11-13-26(16-29(21)35)38-34-40(27-14-12-22(2)30(36)17-27)33(41)32(42-34)15-25-20-39(31-10-6-5-9-28(25)31)19-24-8-4-3-7-23(24)18-37/h3-17,20H,19H2,1-2H3/b32-15-,38-34?.